The maximum Gasteiger partial charge on any atom is 0.311 e. The first-order valence-corrected chi connectivity index (χ1v) is 25.5. The predicted octanol–water partition coefficient (Wildman–Crippen LogP) is 3.69. The molecule has 0 saturated carbocycles. The largest absolute Gasteiger partial charge is 0.459 e. The Balaban J connectivity index is 1.20. The second-order valence-electron chi connectivity index (χ2n) is 21.1. The molecule has 6 rings (SSSR count). The summed E-state index contributed by atoms with van der Waals surface area (Å²) < 4.78 is 38.1. The standard InChI is InChI=1S/C49H80Cl2N6O13/c1-13-38-49(9,63)42(59)29(5)55(10)17-15-47(7,62)44(27(3)41(28(4)45(61)67-38)68-39-23-48(8,64-12)43(60)30(6)66-39)69-46-40(58)37(18-26(2)65-46)56(11)16-14-34-24-57(54-52-34)25-35-22-36(53-70-35)31-19-32(50)21-33(51)20-31/h19-21,24,26-30,35,37-44,46,52,54,58-60,62-63H,13-18,22-23,25H2,1-12H3/t26-,27+,28-,29-,30+,35-,37+,38-,39+,40-,41+,42-,43+,44-,46+,47-,48-,49-/m1/s1. The first-order valence-electron chi connectivity index (χ1n) is 24.7. The van der Waals surface area contributed by atoms with E-state index in [2.05, 4.69) is 21.0 Å². The summed E-state index contributed by atoms with van der Waals surface area (Å²) in [5, 5.41) is 66.5. The number of aliphatic hydroxyl groups excluding tert-OH is 3. The molecule has 0 amide bonds. The lowest BCUT2D eigenvalue weighted by Gasteiger charge is -2.49. The molecule has 21 heteroatoms. The number of hydrogen-bond acceptors (Lipinski definition) is 19. The van der Waals surface area contributed by atoms with Crippen molar-refractivity contribution >= 4 is 34.9 Å². The highest BCUT2D eigenvalue weighted by Gasteiger charge is 2.53. The fraction of sp³-hybridized carbons (Fsp3) is 0.796. The Labute approximate surface area is 423 Å². The fourth-order valence-corrected chi connectivity index (χ4v) is 11.1. The topological polar surface area (TPSA) is 229 Å². The molecule has 0 radical (unpaired) electrons. The van der Waals surface area contributed by atoms with Gasteiger partial charge < -0.3 is 74.0 Å². The summed E-state index contributed by atoms with van der Waals surface area (Å²) in [6, 6.07) is 4.26. The van der Waals surface area contributed by atoms with Crippen molar-refractivity contribution in [2.75, 3.05) is 40.8 Å². The number of hydrogen-bond donors (Lipinski definition) is 7. The monoisotopic (exact) mass is 1030 g/mol. The summed E-state index contributed by atoms with van der Waals surface area (Å²) >= 11 is 12.4. The van der Waals surface area contributed by atoms with Gasteiger partial charge in [-0.3, -0.25) is 9.80 Å². The molecule has 0 spiro atoms. The Kier molecular flexibility index (Phi) is 19.0. The third-order valence-electron chi connectivity index (χ3n) is 15.5. The van der Waals surface area contributed by atoms with Crippen molar-refractivity contribution in [3.8, 4) is 0 Å². The van der Waals surface area contributed by atoms with Crippen molar-refractivity contribution in [1.82, 2.24) is 25.8 Å². The number of carbonyl (C=O) groups excluding carboxylic acids is 1. The van der Waals surface area contributed by atoms with Crippen molar-refractivity contribution in [2.24, 2.45) is 17.0 Å². The van der Waals surface area contributed by atoms with Gasteiger partial charge in [0.05, 0.1) is 53.8 Å². The van der Waals surface area contributed by atoms with Crippen LogP contribution in [0.2, 0.25) is 10.0 Å². The molecular weight excluding hydrogens is 951 g/mol. The molecule has 18 atom stereocenters. The van der Waals surface area contributed by atoms with Crippen LogP contribution in [0.5, 0.6) is 0 Å². The highest BCUT2D eigenvalue weighted by molar-refractivity contribution is 6.35. The minimum absolute atomic E-state index is 0.102. The van der Waals surface area contributed by atoms with E-state index in [9.17, 15) is 30.3 Å². The average molecular weight is 1030 g/mol. The van der Waals surface area contributed by atoms with E-state index >= 15 is 0 Å². The molecule has 19 nitrogen and oxygen atoms in total. The van der Waals surface area contributed by atoms with Gasteiger partial charge in [-0.25, -0.2) is 0 Å². The van der Waals surface area contributed by atoms with Crippen LogP contribution in [0.3, 0.4) is 0 Å². The van der Waals surface area contributed by atoms with E-state index in [1.807, 2.05) is 49.1 Å². The van der Waals surface area contributed by atoms with E-state index in [4.69, 9.17) is 56.5 Å². The number of ether oxygens (including phenoxy) is 6. The minimum atomic E-state index is -1.84. The number of halogens is 2. The van der Waals surface area contributed by atoms with E-state index in [-0.39, 0.29) is 38.0 Å². The fourth-order valence-electron chi connectivity index (χ4n) is 10.6. The molecule has 3 saturated heterocycles. The lowest BCUT2D eigenvalue weighted by Crippen LogP contribution is -2.62. The third kappa shape index (κ3) is 13.1. The zero-order chi connectivity index (χ0) is 51.6. The molecular formula is C49H80Cl2N6O13. The maximum absolute atomic E-state index is 14.4. The van der Waals surface area contributed by atoms with Gasteiger partial charge in [-0.15, -0.1) is 5.53 Å². The highest BCUT2D eigenvalue weighted by Crippen LogP contribution is 2.40. The maximum atomic E-state index is 14.4. The zero-order valence-electron chi connectivity index (χ0n) is 42.9. The molecule has 70 heavy (non-hydrogen) atoms. The molecule has 0 unspecified atom stereocenters. The summed E-state index contributed by atoms with van der Waals surface area (Å²) in [6.07, 6.45) is -6.17. The molecule has 5 heterocycles. The van der Waals surface area contributed by atoms with E-state index < -0.39 is 102 Å². The number of aliphatic hydroxyl groups is 5. The van der Waals surface area contributed by atoms with Gasteiger partial charge in [0.25, 0.3) is 0 Å². The molecule has 1 aromatic carbocycles. The van der Waals surface area contributed by atoms with Crippen molar-refractivity contribution in [3.05, 3.63) is 45.7 Å². The number of likely N-dealkylation sites (N-methyl/N-ethyl adjacent to an activating group) is 2. The summed E-state index contributed by atoms with van der Waals surface area (Å²) in [5.74, 6) is -2.57. The Morgan fingerprint density at radius 3 is 2.34 bits per heavy atom. The van der Waals surface area contributed by atoms with Gasteiger partial charge in [0, 0.05) is 85.0 Å². The first-order chi connectivity index (χ1) is 32.8. The SMILES string of the molecule is CC[C@H]1OC(=O)[C@H](C)[C@@H](O[C@H]2C[C@@](C)(OC)[C@@H](O)[C@H](C)O2)[C@H](C)[C@@H](O[C@@H]2O[C@H](C)C[C@H](N(C)CCC3=CN(C[C@H]4CC(c5cc(Cl)cc(Cl)c5)=NO4)NN3)[C@H]2O)[C@](C)(O)CCN(C)[C@H](C)[C@@H](O)[C@]1(C)O. The Morgan fingerprint density at radius 1 is 1.00 bits per heavy atom. The Bertz CT molecular complexity index is 1970. The minimum Gasteiger partial charge on any atom is -0.459 e. The predicted molar refractivity (Wildman–Crippen MR) is 262 cm³/mol. The number of oxime groups is 1. The van der Waals surface area contributed by atoms with Crippen LogP contribution in [-0.4, -0.2) is 189 Å². The molecule has 0 bridgehead atoms. The van der Waals surface area contributed by atoms with Gasteiger partial charge >= 0.3 is 5.97 Å². The van der Waals surface area contributed by atoms with Gasteiger partial charge in [-0.1, -0.05) is 42.2 Å². The zero-order valence-corrected chi connectivity index (χ0v) is 44.4. The molecule has 5 aliphatic heterocycles. The number of rotatable bonds is 13. The summed E-state index contributed by atoms with van der Waals surface area (Å²) in [6.45, 7) is 16.8. The summed E-state index contributed by atoms with van der Waals surface area (Å²) in [5.41, 5.74) is 4.37. The van der Waals surface area contributed by atoms with E-state index in [1.165, 1.54) is 14.0 Å². The number of benzene rings is 1. The van der Waals surface area contributed by atoms with Crippen LogP contribution in [0, 0.1) is 11.8 Å². The van der Waals surface area contributed by atoms with Crippen LogP contribution in [0.15, 0.2) is 35.3 Å². The van der Waals surface area contributed by atoms with Crippen LogP contribution in [0.25, 0.3) is 0 Å². The van der Waals surface area contributed by atoms with Gasteiger partial charge in [0.1, 0.15) is 30.0 Å². The van der Waals surface area contributed by atoms with Crippen molar-refractivity contribution in [1.29, 1.82) is 0 Å². The average Bonchev–Trinajstić information content (AvgIpc) is 3.98. The third-order valence-corrected chi connectivity index (χ3v) is 15.9. The van der Waals surface area contributed by atoms with Crippen LogP contribution in [-0.2, 0) is 38.1 Å². The number of hydrazine groups is 2. The van der Waals surface area contributed by atoms with Gasteiger partial charge in [-0.2, -0.15) is 0 Å². The Hall–Kier alpha value is -2.44. The number of carbonyl (C=O) groups is 1. The lowest BCUT2D eigenvalue weighted by atomic mass is 9.79. The molecule has 1 aromatic rings. The number of esters is 1. The van der Waals surface area contributed by atoms with Gasteiger partial charge in [0.15, 0.2) is 18.7 Å². The number of cyclic esters (lactones) is 1. The Morgan fingerprint density at radius 2 is 1.69 bits per heavy atom. The second kappa shape index (κ2) is 23.4. The summed E-state index contributed by atoms with van der Waals surface area (Å²) in [4.78, 5) is 24.0. The highest BCUT2D eigenvalue weighted by atomic mass is 35.5. The number of nitrogens with zero attached hydrogens (tertiary/aromatic N) is 4. The molecule has 5 aliphatic rings. The second-order valence-corrected chi connectivity index (χ2v) is 22.0. The molecule has 7 N–H and O–H groups in total. The smallest absolute Gasteiger partial charge is 0.311 e. The van der Waals surface area contributed by atoms with Crippen molar-refractivity contribution in [3.63, 3.8) is 0 Å². The van der Waals surface area contributed by atoms with Crippen molar-refractivity contribution in [2.45, 2.75) is 197 Å². The van der Waals surface area contributed by atoms with Crippen LogP contribution in [0.1, 0.15) is 106 Å². The number of methoxy groups -OCH3 is 1. The van der Waals surface area contributed by atoms with Crippen LogP contribution in [0.4, 0.5) is 0 Å². The molecule has 0 aromatic heterocycles. The van der Waals surface area contributed by atoms with Gasteiger partial charge in [0.2, 0.25) is 0 Å². The van der Waals surface area contributed by atoms with E-state index in [0.29, 0.717) is 42.4 Å². The molecule has 398 valence electrons. The molecule has 0 aliphatic carbocycles. The lowest BCUT2D eigenvalue weighted by molar-refractivity contribution is -0.318. The van der Waals surface area contributed by atoms with Gasteiger partial charge in [-0.05, 0) is 100 Å². The first kappa shape index (κ1) is 56.8. The van der Waals surface area contributed by atoms with E-state index in [0.717, 1.165) is 17.0 Å². The normalized spacial score (nSPS) is 41.6. The van der Waals surface area contributed by atoms with E-state index in [1.54, 1.807) is 54.7 Å². The summed E-state index contributed by atoms with van der Waals surface area (Å²) in [7, 11) is 5.22. The van der Waals surface area contributed by atoms with Crippen LogP contribution < -0.4 is 11.0 Å². The van der Waals surface area contributed by atoms with Crippen LogP contribution >= 0.6 is 23.2 Å². The van der Waals surface area contributed by atoms with Crippen molar-refractivity contribution < 1.29 is 63.6 Å². The molecule has 3 fully saturated rings. The quantitative estimate of drug-likeness (QED) is 0.140. The number of nitrogens with one attached hydrogen (secondary N) is 2.